The quantitative estimate of drug-likeness (QED) is 0.121. The van der Waals surface area contributed by atoms with Gasteiger partial charge in [-0.2, -0.15) is 0 Å². The molecule has 4 nitrogen and oxygen atoms in total. The molecule has 0 amide bonds. The van der Waals surface area contributed by atoms with E-state index >= 15 is 0 Å². The van der Waals surface area contributed by atoms with Crippen LogP contribution in [0.1, 0.15) is 11.1 Å². The summed E-state index contributed by atoms with van der Waals surface area (Å²) in [6.07, 6.45) is 0. The zero-order valence-corrected chi connectivity index (χ0v) is 44.4. The zero-order valence-electron chi connectivity index (χ0n) is 42.3. The average molecular weight is 1030 g/mol. The maximum absolute atomic E-state index is 5.44. The Labute approximate surface area is 446 Å². The van der Waals surface area contributed by atoms with Crippen molar-refractivity contribution in [1.29, 1.82) is 0 Å². The molecule has 0 fully saturated rings. The summed E-state index contributed by atoms with van der Waals surface area (Å²) < 4.78 is 7.90. The van der Waals surface area contributed by atoms with E-state index in [1.54, 1.807) is 0 Å². The number of hydrogen-bond donors (Lipinski definition) is 0. The summed E-state index contributed by atoms with van der Waals surface area (Å²) in [5.74, 6) is 1.82. The minimum atomic E-state index is -3.63. The number of hydrogen-bond acceptors (Lipinski definition) is 3. The van der Waals surface area contributed by atoms with E-state index < -0.39 is 13.3 Å². The maximum Gasteiger partial charge on any atom is -0.0541 e. The molecule has 0 atom stereocenters. The van der Waals surface area contributed by atoms with Crippen LogP contribution in [0.25, 0.3) is 95.0 Å². The summed E-state index contributed by atoms with van der Waals surface area (Å²) in [5.41, 5.74) is 15.3. The van der Waals surface area contributed by atoms with Crippen LogP contribution in [0, 0.1) is 13.8 Å². The average Bonchev–Trinajstić information content (AvgIpc) is 3.95. The number of fused-ring (bicyclic) bond motifs is 3. The van der Waals surface area contributed by atoms with Crippen LogP contribution in [0.15, 0.2) is 279 Å². The number of aryl methyl sites for hydroxylation is 2. The van der Waals surface area contributed by atoms with Gasteiger partial charge in [0, 0.05) is 0 Å². The molecule has 0 aliphatic rings. The van der Waals surface area contributed by atoms with Crippen LogP contribution in [-0.4, -0.2) is 32.8 Å². The fourth-order valence-corrected chi connectivity index (χ4v) is 21.2. The third-order valence-corrected chi connectivity index (χ3v) is 25.0. The first-order chi connectivity index (χ1) is 37.5. The van der Waals surface area contributed by atoms with E-state index in [1.807, 2.05) is 36.4 Å². The van der Waals surface area contributed by atoms with Crippen molar-refractivity contribution in [3.63, 3.8) is 0 Å². The molecule has 0 saturated carbocycles. The van der Waals surface area contributed by atoms with Gasteiger partial charge in [0.2, 0.25) is 0 Å². The summed E-state index contributed by atoms with van der Waals surface area (Å²) in [5, 5.41) is 2.34. The molecule has 0 radical (unpaired) electrons. The first-order valence-corrected chi connectivity index (χ1v) is 30.2. The third-order valence-electron chi connectivity index (χ3n) is 15.0. The predicted octanol–water partition coefficient (Wildman–Crippen LogP) is 15.0. The zero-order chi connectivity index (χ0) is 51.0. The van der Waals surface area contributed by atoms with Gasteiger partial charge in [-0.05, 0) is 25.0 Å². The second kappa shape index (κ2) is 19.9. The van der Waals surface area contributed by atoms with Crippen LogP contribution in [0.2, 0.25) is 0 Å². The minimum Gasteiger partial charge on any atom is -0.0587 e. The molecule has 0 aliphatic carbocycles. The smallest absolute Gasteiger partial charge is 0.0541 e. The number of nitrogens with zero attached hydrogens (tertiary/aromatic N) is 4. The summed E-state index contributed by atoms with van der Waals surface area (Å²) in [7, 11) is 0. The molecule has 0 N–H and O–H groups in total. The molecule has 11 aromatic carbocycles. The molecule has 360 valence electrons. The molecule has 0 aliphatic heterocycles. The molecule has 76 heavy (non-hydrogen) atoms. The fourth-order valence-electron chi connectivity index (χ4n) is 11.1. The van der Waals surface area contributed by atoms with Crippen molar-refractivity contribution in [2.24, 2.45) is 0 Å². The Morgan fingerprint density at radius 2 is 0.632 bits per heavy atom. The molecule has 13 rings (SSSR count). The van der Waals surface area contributed by atoms with Gasteiger partial charge in [0.15, 0.2) is 0 Å². The van der Waals surface area contributed by atoms with Gasteiger partial charge in [-0.25, -0.2) is 0 Å². The molecular formula is C71H52GeN4. The number of rotatable bonds is 11. The topological polar surface area (TPSA) is 43.6 Å². The molecule has 0 unspecified atom stereocenters. The van der Waals surface area contributed by atoms with Crippen LogP contribution in [-0.2, 0) is 0 Å². The fraction of sp³-hybridized carbons (Fsp3) is 0.0282. The summed E-state index contributed by atoms with van der Waals surface area (Å²) in [6.45, 7) is 4.28. The Hall–Kier alpha value is -9.23. The Kier molecular flexibility index (Phi) is 12.2. The molecule has 13 aromatic rings. The second-order valence-corrected chi connectivity index (χ2v) is 27.7. The molecule has 0 bridgehead atoms. The van der Waals surface area contributed by atoms with E-state index in [-0.39, 0.29) is 0 Å². The van der Waals surface area contributed by atoms with E-state index in [0.29, 0.717) is 17.5 Å². The predicted molar refractivity (Wildman–Crippen MR) is 320 cm³/mol. The van der Waals surface area contributed by atoms with Crippen LogP contribution in [0.4, 0.5) is 0 Å². The van der Waals surface area contributed by atoms with E-state index in [1.165, 1.54) is 61.7 Å². The van der Waals surface area contributed by atoms with Crippen LogP contribution >= 0.6 is 0 Å². The van der Waals surface area contributed by atoms with Gasteiger partial charge in [0.25, 0.3) is 0 Å². The van der Waals surface area contributed by atoms with E-state index in [2.05, 4.69) is 261 Å². The summed E-state index contributed by atoms with van der Waals surface area (Å²) in [4.78, 5) is 16.0. The number of benzene rings is 11. The Morgan fingerprint density at radius 3 is 1.09 bits per heavy atom. The van der Waals surface area contributed by atoms with Gasteiger partial charge in [-0.15, -0.1) is 0 Å². The van der Waals surface area contributed by atoms with Gasteiger partial charge in [-0.1, -0.05) is 71.8 Å². The van der Waals surface area contributed by atoms with Gasteiger partial charge >= 0.3 is 353 Å². The minimum absolute atomic E-state index is 0.591. The van der Waals surface area contributed by atoms with Crippen molar-refractivity contribution in [3.8, 4) is 73.2 Å². The van der Waals surface area contributed by atoms with E-state index in [0.717, 1.165) is 44.5 Å². The van der Waals surface area contributed by atoms with Crippen molar-refractivity contribution in [1.82, 2.24) is 19.5 Å². The van der Waals surface area contributed by atoms with Gasteiger partial charge < -0.3 is 0 Å². The molecule has 5 heteroatoms. The van der Waals surface area contributed by atoms with Crippen LogP contribution in [0.3, 0.4) is 0 Å². The first kappa shape index (κ1) is 46.6. The normalized spacial score (nSPS) is 11.6. The summed E-state index contributed by atoms with van der Waals surface area (Å²) in [6, 6.07) is 102. The van der Waals surface area contributed by atoms with Crippen molar-refractivity contribution in [3.05, 3.63) is 290 Å². The van der Waals surface area contributed by atoms with E-state index in [9.17, 15) is 0 Å². The van der Waals surface area contributed by atoms with Gasteiger partial charge in [0.05, 0.1) is 0 Å². The second-order valence-electron chi connectivity index (χ2n) is 19.7. The van der Waals surface area contributed by atoms with Crippen molar-refractivity contribution in [2.75, 3.05) is 0 Å². The molecule has 2 heterocycles. The van der Waals surface area contributed by atoms with Crippen molar-refractivity contribution < 1.29 is 0 Å². The van der Waals surface area contributed by atoms with Crippen LogP contribution < -0.4 is 17.6 Å². The van der Waals surface area contributed by atoms with Crippen LogP contribution in [0.5, 0.6) is 0 Å². The maximum atomic E-state index is 5.44. The standard InChI is InChI=1S/C71H52GeN4/c1-49-31-35-51(36-32-49)56-39-42-66-63(46-56)64-47-57(52-37-33-50(2)34-38-52)40-43-67(64)76(66)68-44-41-58(48-65(68)71-74-69(53-19-8-3-9-20-53)73-70(75-71)54-21-10-4-11-22-54)55-23-18-30-62(45-55)72(59-24-12-5-13-25-59,60-26-14-6-15-27-60)61-28-16-7-17-29-61/h3-48H,1-2H3. The SMILES string of the molecule is Cc1ccc(-c2ccc3c(c2)c2cc(-c4ccc(C)cc4)ccc2n3-c2ccc(-c3ccc[c]([Ge]([c]4ccccc4)([c]4ccccc4)[c]4ccccc4)c3)cc2-c2nc(-c3ccccc3)nc(-c3ccccc3)n2)cc1. The molecule has 0 saturated heterocycles. The molecular weight excluding hydrogens is 981 g/mol. The van der Waals surface area contributed by atoms with Gasteiger partial charge in [0.1, 0.15) is 0 Å². The number of aromatic nitrogens is 4. The van der Waals surface area contributed by atoms with E-state index in [4.69, 9.17) is 15.0 Å². The largest absolute Gasteiger partial charge is 0.0587 e. The van der Waals surface area contributed by atoms with Gasteiger partial charge in [-0.3, -0.25) is 0 Å². The van der Waals surface area contributed by atoms with Crippen molar-refractivity contribution >= 4 is 52.7 Å². The summed E-state index contributed by atoms with van der Waals surface area (Å²) >= 11 is -3.63. The Balaban J connectivity index is 1.08. The molecule has 0 spiro atoms. The Bertz CT molecular complexity index is 3940. The third kappa shape index (κ3) is 8.53. The first-order valence-electron chi connectivity index (χ1n) is 26.0. The molecule has 2 aromatic heterocycles. The monoisotopic (exact) mass is 1030 g/mol. The Morgan fingerprint density at radius 1 is 0.276 bits per heavy atom. The van der Waals surface area contributed by atoms with Crippen molar-refractivity contribution in [2.45, 2.75) is 13.8 Å².